The van der Waals surface area contributed by atoms with E-state index in [-0.39, 0.29) is 0 Å². The molecular formula is C8H16N3+. The van der Waals surface area contributed by atoms with Crippen molar-refractivity contribution in [3.8, 4) is 0 Å². The second kappa shape index (κ2) is 3.05. The van der Waals surface area contributed by atoms with E-state index in [4.69, 9.17) is 0 Å². The lowest BCUT2D eigenvalue weighted by molar-refractivity contribution is 0.389. The van der Waals surface area contributed by atoms with Crippen molar-refractivity contribution in [2.75, 3.05) is 20.6 Å². The summed E-state index contributed by atoms with van der Waals surface area (Å²) in [5.41, 5.74) is 0. The monoisotopic (exact) mass is 154 g/mol. The van der Waals surface area contributed by atoms with Crippen LogP contribution in [0.5, 0.6) is 0 Å². The van der Waals surface area contributed by atoms with Crippen molar-refractivity contribution in [1.82, 2.24) is 14.5 Å². The van der Waals surface area contributed by atoms with Crippen molar-refractivity contribution in [3.63, 3.8) is 0 Å². The lowest BCUT2D eigenvalue weighted by Crippen LogP contribution is -2.41. The first kappa shape index (κ1) is 8.27. The zero-order valence-electron chi connectivity index (χ0n) is 7.46. The van der Waals surface area contributed by atoms with Crippen molar-refractivity contribution in [3.05, 3.63) is 12.5 Å². The largest absolute Gasteiger partial charge is 0.300 e. The summed E-state index contributed by atoms with van der Waals surface area (Å²) in [5, 5.41) is 0. The quantitative estimate of drug-likeness (QED) is 0.655. The van der Waals surface area contributed by atoms with Gasteiger partial charge in [-0.15, -0.1) is 0 Å². The van der Waals surface area contributed by atoms with E-state index in [2.05, 4.69) is 31.0 Å². The molecule has 0 radical (unpaired) electrons. The summed E-state index contributed by atoms with van der Waals surface area (Å²) in [6.45, 7) is 3.33. The molecule has 1 aromatic heterocycles. The van der Waals surface area contributed by atoms with Gasteiger partial charge in [0.15, 0.2) is 0 Å². The Bertz CT molecular complexity index is 201. The highest BCUT2D eigenvalue weighted by Crippen LogP contribution is 2.13. The summed E-state index contributed by atoms with van der Waals surface area (Å²) in [5.74, 6) is 1.17. The summed E-state index contributed by atoms with van der Waals surface area (Å²) < 4.78 is 0.885. The van der Waals surface area contributed by atoms with Crippen LogP contribution in [0.3, 0.4) is 0 Å². The number of aromatic nitrogens is 2. The van der Waals surface area contributed by atoms with E-state index in [1.165, 1.54) is 12.2 Å². The molecule has 1 aromatic rings. The molecule has 0 aliphatic heterocycles. The first-order valence-corrected chi connectivity index (χ1v) is 3.99. The molecule has 0 saturated heterocycles. The van der Waals surface area contributed by atoms with Gasteiger partial charge in [-0.1, -0.05) is 6.92 Å². The number of nitrogens with one attached hydrogen (secondary N) is 1. The van der Waals surface area contributed by atoms with Crippen LogP contribution in [0.25, 0.3) is 0 Å². The van der Waals surface area contributed by atoms with E-state index < -0.39 is 0 Å². The maximum absolute atomic E-state index is 4.00. The van der Waals surface area contributed by atoms with Crippen LogP contribution in [-0.4, -0.2) is 30.6 Å². The Morgan fingerprint density at radius 2 is 2.27 bits per heavy atom. The molecule has 0 aliphatic rings. The molecule has 0 aromatic carbocycles. The number of nitrogens with zero attached hydrogens (tertiary/aromatic N) is 2. The molecule has 0 atom stereocenters. The summed E-state index contributed by atoms with van der Waals surface area (Å²) in [6, 6.07) is 0. The molecule has 62 valence electrons. The predicted molar refractivity (Wildman–Crippen MR) is 47.4 cm³/mol. The smallest absolute Gasteiger partial charge is 0.224 e. The molecular weight excluding hydrogens is 138 g/mol. The van der Waals surface area contributed by atoms with Gasteiger partial charge in [0.2, 0.25) is 5.82 Å². The van der Waals surface area contributed by atoms with Crippen LogP contribution in [-0.2, 0) is 0 Å². The van der Waals surface area contributed by atoms with Crippen molar-refractivity contribution in [1.29, 1.82) is 0 Å². The van der Waals surface area contributed by atoms with Gasteiger partial charge < -0.3 is 4.98 Å². The van der Waals surface area contributed by atoms with Crippen LogP contribution in [0, 0.1) is 0 Å². The summed E-state index contributed by atoms with van der Waals surface area (Å²) in [4.78, 5) is 7.12. The minimum Gasteiger partial charge on any atom is -0.300 e. The lowest BCUT2D eigenvalue weighted by atomic mass is 10.4. The van der Waals surface area contributed by atoms with Crippen molar-refractivity contribution in [2.45, 2.75) is 13.3 Å². The molecule has 1 rings (SSSR count). The van der Waals surface area contributed by atoms with Gasteiger partial charge in [0.25, 0.3) is 0 Å². The van der Waals surface area contributed by atoms with Crippen LogP contribution >= 0.6 is 0 Å². The minimum absolute atomic E-state index is 0.885. The van der Waals surface area contributed by atoms with Gasteiger partial charge in [0, 0.05) is 0 Å². The molecule has 0 aliphatic carbocycles. The Morgan fingerprint density at radius 1 is 1.55 bits per heavy atom. The SMILES string of the molecule is CCC[N+](C)(C)c1cnc[nH]1. The van der Waals surface area contributed by atoms with E-state index >= 15 is 0 Å². The first-order chi connectivity index (χ1) is 5.17. The molecule has 11 heavy (non-hydrogen) atoms. The Balaban J connectivity index is 2.73. The Hall–Kier alpha value is -0.830. The zero-order valence-corrected chi connectivity index (χ0v) is 7.46. The fraction of sp³-hybridized carbons (Fsp3) is 0.625. The molecule has 1 heterocycles. The number of H-pyrrole nitrogens is 1. The number of rotatable bonds is 3. The maximum atomic E-state index is 4.00. The van der Waals surface area contributed by atoms with E-state index in [9.17, 15) is 0 Å². The third-order valence-electron chi connectivity index (χ3n) is 1.92. The maximum Gasteiger partial charge on any atom is 0.224 e. The minimum atomic E-state index is 0.885. The molecule has 0 unspecified atom stereocenters. The van der Waals surface area contributed by atoms with Crippen LogP contribution < -0.4 is 4.48 Å². The molecule has 0 bridgehead atoms. The summed E-state index contributed by atoms with van der Waals surface area (Å²) >= 11 is 0. The van der Waals surface area contributed by atoms with E-state index in [0.29, 0.717) is 0 Å². The fourth-order valence-corrected chi connectivity index (χ4v) is 1.26. The number of hydrogen-bond acceptors (Lipinski definition) is 1. The van der Waals surface area contributed by atoms with Gasteiger partial charge in [-0.2, -0.15) is 0 Å². The molecule has 0 spiro atoms. The Morgan fingerprint density at radius 3 is 2.73 bits per heavy atom. The summed E-state index contributed by atoms with van der Waals surface area (Å²) in [6.07, 6.45) is 4.80. The van der Waals surface area contributed by atoms with Crippen molar-refractivity contribution < 1.29 is 0 Å². The topological polar surface area (TPSA) is 28.7 Å². The van der Waals surface area contributed by atoms with Crippen LogP contribution in [0.4, 0.5) is 5.82 Å². The van der Waals surface area contributed by atoms with Gasteiger partial charge in [0.05, 0.1) is 27.0 Å². The van der Waals surface area contributed by atoms with E-state index in [1.54, 1.807) is 6.33 Å². The van der Waals surface area contributed by atoms with Gasteiger partial charge in [0.1, 0.15) is 6.20 Å². The molecule has 0 amide bonds. The third-order valence-corrected chi connectivity index (χ3v) is 1.92. The van der Waals surface area contributed by atoms with Crippen LogP contribution in [0.1, 0.15) is 13.3 Å². The molecule has 1 N–H and O–H groups in total. The fourth-order valence-electron chi connectivity index (χ4n) is 1.26. The van der Waals surface area contributed by atoms with Crippen molar-refractivity contribution >= 4 is 5.82 Å². The first-order valence-electron chi connectivity index (χ1n) is 3.99. The Kier molecular flexibility index (Phi) is 2.29. The Labute approximate surface area is 67.7 Å². The zero-order chi connectivity index (χ0) is 8.32. The van der Waals surface area contributed by atoms with Crippen LogP contribution in [0.15, 0.2) is 12.5 Å². The van der Waals surface area contributed by atoms with Gasteiger partial charge in [-0.25, -0.2) is 4.98 Å². The number of quaternary nitrogens is 1. The average Bonchev–Trinajstić information content (AvgIpc) is 2.37. The molecule has 0 fully saturated rings. The second-order valence-corrected chi connectivity index (χ2v) is 3.35. The normalized spacial score (nSPS) is 11.9. The third kappa shape index (κ3) is 1.80. The predicted octanol–water partition coefficient (Wildman–Crippen LogP) is 1.39. The van der Waals surface area contributed by atoms with Gasteiger partial charge in [-0.05, 0) is 6.42 Å². The van der Waals surface area contributed by atoms with E-state index in [0.717, 1.165) is 11.0 Å². The second-order valence-electron chi connectivity index (χ2n) is 3.35. The standard InChI is InChI=1S/C8H16N3/c1-4-5-11(2,3)8-6-9-7-10-8/h6-7H,4-5H2,1-3H3,(H,9,10)/q+1. The number of aromatic amines is 1. The highest BCUT2D eigenvalue weighted by atomic mass is 15.4. The molecule has 0 saturated carbocycles. The number of imidazole rings is 1. The van der Waals surface area contributed by atoms with Gasteiger partial charge in [-0.3, -0.25) is 4.48 Å². The van der Waals surface area contributed by atoms with Gasteiger partial charge >= 0.3 is 0 Å². The molecule has 3 nitrogen and oxygen atoms in total. The summed E-state index contributed by atoms with van der Waals surface area (Å²) in [7, 11) is 4.36. The van der Waals surface area contributed by atoms with Crippen LogP contribution in [0.2, 0.25) is 0 Å². The highest BCUT2D eigenvalue weighted by Gasteiger charge is 2.18. The highest BCUT2D eigenvalue weighted by molar-refractivity contribution is 5.28. The lowest BCUT2D eigenvalue weighted by Gasteiger charge is -2.26. The average molecular weight is 154 g/mol. The van der Waals surface area contributed by atoms with Crippen molar-refractivity contribution in [2.24, 2.45) is 0 Å². The number of hydrogen-bond donors (Lipinski definition) is 1. The molecule has 3 heteroatoms. The van der Waals surface area contributed by atoms with E-state index in [1.807, 2.05) is 6.20 Å².